The Hall–Kier alpha value is -1.92. The molecular weight excluding hydrogens is 256 g/mol. The van der Waals surface area contributed by atoms with Crippen LogP contribution in [0, 0.1) is 0 Å². The average molecular weight is 278 g/mol. The normalized spacial score (nSPS) is 12.1. The summed E-state index contributed by atoms with van der Waals surface area (Å²) in [5.41, 5.74) is 2.98. The van der Waals surface area contributed by atoms with Crippen LogP contribution in [0.2, 0.25) is 0 Å². The van der Waals surface area contributed by atoms with Gasteiger partial charge in [-0.1, -0.05) is 37.3 Å². The average Bonchev–Trinajstić information content (AvgIpc) is 2.46. The van der Waals surface area contributed by atoms with Gasteiger partial charge in [-0.3, -0.25) is 19.9 Å². The Labute approximate surface area is 119 Å². The molecule has 0 radical (unpaired) electrons. The number of carbonyl (C=O) groups excluding carboxylic acids is 2. The van der Waals surface area contributed by atoms with E-state index in [1.165, 1.54) is 4.90 Å². The molecule has 0 fully saturated rings. The quantitative estimate of drug-likeness (QED) is 0.440. The second kappa shape index (κ2) is 7.62. The monoisotopic (exact) mass is 278 g/mol. The molecule has 3 N–H and O–H groups in total. The van der Waals surface area contributed by atoms with E-state index in [9.17, 15) is 9.59 Å². The number of benzene rings is 1. The molecule has 1 aromatic carbocycles. The summed E-state index contributed by atoms with van der Waals surface area (Å²) in [5.74, 6) is 4.88. The molecule has 1 unspecified atom stereocenters. The van der Waals surface area contributed by atoms with Gasteiger partial charge in [-0.2, -0.15) is 0 Å². The minimum Gasteiger partial charge on any atom is -0.348 e. The molecule has 6 heteroatoms. The molecule has 0 bridgehead atoms. The highest BCUT2D eigenvalue weighted by Crippen LogP contribution is 2.20. The van der Waals surface area contributed by atoms with Crippen molar-refractivity contribution < 1.29 is 9.59 Å². The minimum atomic E-state index is -0.574. The number of hydrazine groups is 1. The first-order valence-corrected chi connectivity index (χ1v) is 6.50. The highest BCUT2D eigenvalue weighted by Gasteiger charge is 2.27. The standard InChI is InChI=1S/C14H22N4O2/c1-4-18(10-12(19)17(2)3)13(14(20)16-15)11-8-6-5-7-9-11/h5-9,13H,4,10,15H2,1-3H3,(H,16,20). The molecule has 0 aliphatic carbocycles. The van der Waals surface area contributed by atoms with Crippen molar-refractivity contribution in [2.24, 2.45) is 5.84 Å². The Bertz CT molecular complexity index is 448. The summed E-state index contributed by atoms with van der Waals surface area (Å²) in [6.07, 6.45) is 0. The topological polar surface area (TPSA) is 78.7 Å². The molecule has 0 spiro atoms. The zero-order valence-corrected chi connectivity index (χ0v) is 12.2. The van der Waals surface area contributed by atoms with Gasteiger partial charge >= 0.3 is 0 Å². The van der Waals surface area contributed by atoms with Crippen molar-refractivity contribution in [1.29, 1.82) is 0 Å². The number of hydrogen-bond acceptors (Lipinski definition) is 4. The SMILES string of the molecule is CCN(CC(=O)N(C)C)C(C(=O)NN)c1ccccc1. The highest BCUT2D eigenvalue weighted by molar-refractivity contribution is 5.84. The third kappa shape index (κ3) is 4.04. The maximum absolute atomic E-state index is 12.1. The zero-order valence-electron chi connectivity index (χ0n) is 12.2. The fourth-order valence-corrected chi connectivity index (χ4v) is 1.94. The van der Waals surface area contributed by atoms with Crippen molar-refractivity contribution in [1.82, 2.24) is 15.2 Å². The number of amides is 2. The number of nitrogens with zero attached hydrogens (tertiary/aromatic N) is 2. The summed E-state index contributed by atoms with van der Waals surface area (Å²) in [6.45, 7) is 2.63. The summed E-state index contributed by atoms with van der Waals surface area (Å²) in [5, 5.41) is 0. The lowest BCUT2D eigenvalue weighted by molar-refractivity contribution is -0.133. The van der Waals surface area contributed by atoms with Crippen LogP contribution in [0.5, 0.6) is 0 Å². The molecule has 20 heavy (non-hydrogen) atoms. The highest BCUT2D eigenvalue weighted by atomic mass is 16.2. The summed E-state index contributed by atoms with van der Waals surface area (Å²) >= 11 is 0. The molecule has 0 aliphatic rings. The lowest BCUT2D eigenvalue weighted by Gasteiger charge is -2.29. The Morgan fingerprint density at radius 2 is 1.85 bits per heavy atom. The first-order valence-electron chi connectivity index (χ1n) is 6.50. The van der Waals surface area contributed by atoms with Crippen LogP contribution in [0.15, 0.2) is 30.3 Å². The van der Waals surface area contributed by atoms with E-state index in [-0.39, 0.29) is 18.4 Å². The second-order valence-corrected chi connectivity index (χ2v) is 4.67. The molecule has 0 aliphatic heterocycles. The van der Waals surface area contributed by atoms with Gasteiger partial charge in [0.15, 0.2) is 0 Å². The van der Waals surface area contributed by atoms with Crippen molar-refractivity contribution in [3.63, 3.8) is 0 Å². The fourth-order valence-electron chi connectivity index (χ4n) is 1.94. The maximum Gasteiger partial charge on any atom is 0.255 e. The number of rotatable bonds is 6. The molecule has 0 aromatic heterocycles. The van der Waals surface area contributed by atoms with E-state index < -0.39 is 6.04 Å². The molecule has 110 valence electrons. The number of hydrogen-bond donors (Lipinski definition) is 2. The van der Waals surface area contributed by atoms with Gasteiger partial charge in [0.05, 0.1) is 6.54 Å². The molecule has 1 aromatic rings. The number of nitrogens with one attached hydrogen (secondary N) is 1. The van der Waals surface area contributed by atoms with Crippen LogP contribution in [0.3, 0.4) is 0 Å². The van der Waals surface area contributed by atoms with E-state index in [1.807, 2.05) is 37.3 Å². The van der Waals surface area contributed by atoms with Gasteiger partial charge in [-0.25, -0.2) is 5.84 Å². The number of carbonyl (C=O) groups is 2. The van der Waals surface area contributed by atoms with Crippen molar-refractivity contribution in [3.8, 4) is 0 Å². The van der Waals surface area contributed by atoms with Gasteiger partial charge in [-0.05, 0) is 12.1 Å². The molecular formula is C14H22N4O2. The van der Waals surface area contributed by atoms with Crippen LogP contribution in [0.25, 0.3) is 0 Å². The largest absolute Gasteiger partial charge is 0.348 e. The predicted molar refractivity (Wildman–Crippen MR) is 77.5 cm³/mol. The Morgan fingerprint density at radius 1 is 1.25 bits per heavy atom. The Kier molecular flexibility index (Phi) is 6.14. The van der Waals surface area contributed by atoms with Crippen molar-refractivity contribution in [2.45, 2.75) is 13.0 Å². The smallest absolute Gasteiger partial charge is 0.255 e. The lowest BCUT2D eigenvalue weighted by Crippen LogP contribution is -2.46. The van der Waals surface area contributed by atoms with Crippen LogP contribution in [0.1, 0.15) is 18.5 Å². The van der Waals surface area contributed by atoms with Gasteiger partial charge in [0, 0.05) is 14.1 Å². The molecule has 1 atom stereocenters. The molecule has 0 saturated carbocycles. The lowest BCUT2D eigenvalue weighted by atomic mass is 10.0. The van der Waals surface area contributed by atoms with Gasteiger partial charge in [-0.15, -0.1) is 0 Å². The van der Waals surface area contributed by atoms with Gasteiger partial charge < -0.3 is 4.90 Å². The number of nitrogens with two attached hydrogens (primary N) is 1. The van der Waals surface area contributed by atoms with Crippen molar-refractivity contribution in [2.75, 3.05) is 27.2 Å². The Morgan fingerprint density at radius 3 is 2.30 bits per heavy atom. The van der Waals surface area contributed by atoms with Crippen LogP contribution < -0.4 is 11.3 Å². The summed E-state index contributed by atoms with van der Waals surface area (Å²) in [7, 11) is 3.38. The van der Waals surface area contributed by atoms with Crippen LogP contribution in [-0.2, 0) is 9.59 Å². The van der Waals surface area contributed by atoms with E-state index >= 15 is 0 Å². The van der Waals surface area contributed by atoms with E-state index in [4.69, 9.17) is 5.84 Å². The van der Waals surface area contributed by atoms with Gasteiger partial charge in [0.2, 0.25) is 5.91 Å². The van der Waals surface area contributed by atoms with E-state index in [2.05, 4.69) is 5.43 Å². The number of likely N-dealkylation sites (N-methyl/N-ethyl adjacent to an activating group) is 2. The molecule has 1 rings (SSSR count). The first-order chi connectivity index (χ1) is 9.51. The Balaban J connectivity index is 3.02. The first kappa shape index (κ1) is 16.1. The zero-order chi connectivity index (χ0) is 15.1. The van der Waals surface area contributed by atoms with E-state index in [0.29, 0.717) is 6.54 Å². The second-order valence-electron chi connectivity index (χ2n) is 4.67. The minimum absolute atomic E-state index is 0.0578. The fraction of sp³-hybridized carbons (Fsp3) is 0.429. The maximum atomic E-state index is 12.1. The van der Waals surface area contributed by atoms with E-state index in [0.717, 1.165) is 5.56 Å². The van der Waals surface area contributed by atoms with Crippen LogP contribution in [-0.4, -0.2) is 48.8 Å². The third-order valence-corrected chi connectivity index (χ3v) is 3.11. The molecule has 0 heterocycles. The molecule has 2 amide bonds. The predicted octanol–water partition coefficient (Wildman–Crippen LogP) is 0.128. The summed E-state index contributed by atoms with van der Waals surface area (Å²) in [6, 6.07) is 8.71. The third-order valence-electron chi connectivity index (χ3n) is 3.11. The summed E-state index contributed by atoms with van der Waals surface area (Å²) < 4.78 is 0. The van der Waals surface area contributed by atoms with Crippen LogP contribution >= 0.6 is 0 Å². The molecule has 6 nitrogen and oxygen atoms in total. The molecule has 0 saturated heterocycles. The van der Waals surface area contributed by atoms with E-state index in [1.54, 1.807) is 19.0 Å². The summed E-state index contributed by atoms with van der Waals surface area (Å²) in [4.78, 5) is 27.2. The van der Waals surface area contributed by atoms with Crippen molar-refractivity contribution >= 4 is 11.8 Å². The van der Waals surface area contributed by atoms with Crippen LogP contribution in [0.4, 0.5) is 0 Å². The van der Waals surface area contributed by atoms with Gasteiger partial charge in [0.1, 0.15) is 6.04 Å². The van der Waals surface area contributed by atoms with Gasteiger partial charge in [0.25, 0.3) is 5.91 Å². The van der Waals surface area contributed by atoms with Crippen molar-refractivity contribution in [3.05, 3.63) is 35.9 Å².